The summed E-state index contributed by atoms with van der Waals surface area (Å²) in [4.78, 5) is 14.6. The summed E-state index contributed by atoms with van der Waals surface area (Å²) in [6.07, 6.45) is 5.21. The van der Waals surface area contributed by atoms with Crippen molar-refractivity contribution in [1.82, 2.24) is 10.2 Å². The Balaban J connectivity index is 1.71. The van der Waals surface area contributed by atoms with Crippen molar-refractivity contribution in [2.75, 3.05) is 6.67 Å². The van der Waals surface area contributed by atoms with Crippen LogP contribution in [-0.2, 0) is 4.79 Å². The summed E-state index contributed by atoms with van der Waals surface area (Å²) in [6.45, 7) is 2.90. The Morgan fingerprint density at radius 1 is 1.21 bits per heavy atom. The van der Waals surface area contributed by atoms with E-state index in [-0.39, 0.29) is 11.9 Å². The van der Waals surface area contributed by atoms with E-state index in [0.29, 0.717) is 18.6 Å². The average Bonchev–Trinajstić information content (AvgIpc) is 3.08. The fourth-order valence-corrected chi connectivity index (χ4v) is 3.47. The van der Waals surface area contributed by atoms with Crippen LogP contribution in [-0.4, -0.2) is 23.5 Å². The monoisotopic (exact) mass is 258 g/mol. The van der Waals surface area contributed by atoms with E-state index >= 15 is 0 Å². The Hall–Kier alpha value is -1.35. The number of benzene rings is 1. The molecular weight excluding hydrogens is 236 g/mol. The highest BCUT2D eigenvalue weighted by atomic mass is 16.2. The molecule has 1 heterocycles. The van der Waals surface area contributed by atoms with Crippen LogP contribution >= 0.6 is 0 Å². The van der Waals surface area contributed by atoms with Gasteiger partial charge in [-0.2, -0.15) is 0 Å². The van der Waals surface area contributed by atoms with E-state index in [1.165, 1.54) is 25.7 Å². The standard InChI is InChI=1S/C16H22N2O/c1-12(13-7-5-6-8-13)18-11-17-15(16(18)19)14-9-3-2-4-10-14/h2-4,9-10,12-13,15,17H,5-8,11H2,1H3. The Kier molecular flexibility index (Phi) is 3.56. The number of hydrogen-bond acceptors (Lipinski definition) is 2. The minimum absolute atomic E-state index is 0.148. The van der Waals surface area contributed by atoms with E-state index in [1.807, 2.05) is 35.2 Å². The van der Waals surface area contributed by atoms with Crippen molar-refractivity contribution in [3.8, 4) is 0 Å². The summed E-state index contributed by atoms with van der Waals surface area (Å²) in [7, 11) is 0. The summed E-state index contributed by atoms with van der Waals surface area (Å²) < 4.78 is 0. The highest BCUT2D eigenvalue weighted by Gasteiger charge is 2.37. The summed E-state index contributed by atoms with van der Waals surface area (Å²) >= 11 is 0. The maximum Gasteiger partial charge on any atom is 0.245 e. The fraction of sp³-hybridized carbons (Fsp3) is 0.562. The highest BCUT2D eigenvalue weighted by molar-refractivity contribution is 5.85. The van der Waals surface area contributed by atoms with Gasteiger partial charge in [-0.05, 0) is 31.2 Å². The SMILES string of the molecule is CC(C1CCCC1)N1CNC(c2ccccc2)C1=O. The lowest BCUT2D eigenvalue weighted by molar-refractivity contribution is -0.131. The smallest absolute Gasteiger partial charge is 0.245 e. The number of carbonyl (C=O) groups is 1. The van der Waals surface area contributed by atoms with Gasteiger partial charge in [0.1, 0.15) is 6.04 Å². The second kappa shape index (κ2) is 5.33. The molecule has 0 bridgehead atoms. The van der Waals surface area contributed by atoms with Gasteiger partial charge in [0.15, 0.2) is 0 Å². The molecule has 2 unspecified atom stereocenters. The molecule has 102 valence electrons. The zero-order valence-electron chi connectivity index (χ0n) is 11.5. The van der Waals surface area contributed by atoms with Crippen LogP contribution in [0.2, 0.25) is 0 Å². The molecule has 0 radical (unpaired) electrons. The molecule has 1 aliphatic carbocycles. The molecule has 1 saturated carbocycles. The number of carbonyl (C=O) groups excluding carboxylic acids is 1. The largest absolute Gasteiger partial charge is 0.325 e. The molecule has 3 heteroatoms. The molecule has 1 aliphatic heterocycles. The van der Waals surface area contributed by atoms with Gasteiger partial charge in [0.2, 0.25) is 5.91 Å². The molecule has 2 atom stereocenters. The molecule has 19 heavy (non-hydrogen) atoms. The molecule has 2 fully saturated rings. The second-order valence-corrected chi connectivity index (χ2v) is 5.80. The first kappa shape index (κ1) is 12.7. The normalized spacial score (nSPS) is 26.1. The van der Waals surface area contributed by atoms with E-state index in [9.17, 15) is 4.79 Å². The maximum atomic E-state index is 12.6. The first-order chi connectivity index (χ1) is 9.27. The molecule has 1 saturated heterocycles. The summed E-state index contributed by atoms with van der Waals surface area (Å²) in [5.41, 5.74) is 1.08. The van der Waals surface area contributed by atoms with E-state index in [0.717, 1.165) is 5.56 Å². The Morgan fingerprint density at radius 2 is 1.89 bits per heavy atom. The predicted octanol–water partition coefficient (Wildman–Crippen LogP) is 2.70. The quantitative estimate of drug-likeness (QED) is 0.904. The molecule has 3 nitrogen and oxygen atoms in total. The third-order valence-corrected chi connectivity index (χ3v) is 4.70. The van der Waals surface area contributed by atoms with Crippen LogP contribution in [0.15, 0.2) is 30.3 Å². The van der Waals surface area contributed by atoms with E-state index in [2.05, 4.69) is 12.2 Å². The van der Waals surface area contributed by atoms with Crippen molar-refractivity contribution < 1.29 is 4.79 Å². The number of hydrogen-bond donors (Lipinski definition) is 1. The molecule has 0 aromatic heterocycles. The summed E-state index contributed by atoms with van der Waals surface area (Å²) in [6, 6.07) is 10.3. The van der Waals surface area contributed by atoms with Gasteiger partial charge in [0.05, 0.1) is 6.67 Å². The van der Waals surface area contributed by atoms with Crippen molar-refractivity contribution in [3.05, 3.63) is 35.9 Å². The van der Waals surface area contributed by atoms with Crippen molar-refractivity contribution >= 4 is 5.91 Å². The van der Waals surface area contributed by atoms with Crippen LogP contribution in [0.25, 0.3) is 0 Å². The molecule has 1 N–H and O–H groups in total. The predicted molar refractivity (Wildman–Crippen MR) is 75.5 cm³/mol. The van der Waals surface area contributed by atoms with Gasteiger partial charge in [0.25, 0.3) is 0 Å². The Labute approximate surface area is 115 Å². The van der Waals surface area contributed by atoms with Crippen LogP contribution in [0, 0.1) is 5.92 Å². The van der Waals surface area contributed by atoms with Crippen molar-refractivity contribution in [2.45, 2.75) is 44.7 Å². The minimum Gasteiger partial charge on any atom is -0.325 e. The lowest BCUT2D eigenvalue weighted by atomic mass is 9.98. The van der Waals surface area contributed by atoms with E-state index in [4.69, 9.17) is 0 Å². The third kappa shape index (κ3) is 2.39. The zero-order chi connectivity index (χ0) is 13.2. The molecule has 2 aliphatic rings. The van der Waals surface area contributed by atoms with Crippen molar-refractivity contribution in [2.24, 2.45) is 5.92 Å². The number of rotatable bonds is 3. The highest BCUT2D eigenvalue weighted by Crippen LogP contribution is 2.32. The second-order valence-electron chi connectivity index (χ2n) is 5.80. The average molecular weight is 258 g/mol. The Morgan fingerprint density at radius 3 is 2.58 bits per heavy atom. The van der Waals surface area contributed by atoms with Gasteiger partial charge in [-0.3, -0.25) is 10.1 Å². The van der Waals surface area contributed by atoms with E-state index < -0.39 is 0 Å². The molecular formula is C16H22N2O. The van der Waals surface area contributed by atoms with Gasteiger partial charge in [-0.1, -0.05) is 43.2 Å². The molecule has 1 aromatic carbocycles. The summed E-state index contributed by atoms with van der Waals surface area (Å²) in [5.74, 6) is 0.936. The lowest BCUT2D eigenvalue weighted by Crippen LogP contribution is -2.39. The van der Waals surface area contributed by atoms with Gasteiger partial charge in [-0.15, -0.1) is 0 Å². The minimum atomic E-state index is -0.148. The van der Waals surface area contributed by atoms with E-state index in [1.54, 1.807) is 0 Å². The van der Waals surface area contributed by atoms with Crippen LogP contribution in [0.4, 0.5) is 0 Å². The molecule has 3 rings (SSSR count). The van der Waals surface area contributed by atoms with Crippen LogP contribution in [0.1, 0.15) is 44.2 Å². The summed E-state index contributed by atoms with van der Waals surface area (Å²) in [5, 5.41) is 3.35. The topological polar surface area (TPSA) is 32.3 Å². The maximum absolute atomic E-state index is 12.6. The number of amides is 1. The number of nitrogens with zero attached hydrogens (tertiary/aromatic N) is 1. The first-order valence-electron chi connectivity index (χ1n) is 7.36. The molecule has 0 spiro atoms. The van der Waals surface area contributed by atoms with Crippen LogP contribution in [0.3, 0.4) is 0 Å². The van der Waals surface area contributed by atoms with Gasteiger partial charge in [-0.25, -0.2) is 0 Å². The van der Waals surface area contributed by atoms with Crippen molar-refractivity contribution in [1.29, 1.82) is 0 Å². The Bertz CT molecular complexity index is 439. The first-order valence-corrected chi connectivity index (χ1v) is 7.36. The van der Waals surface area contributed by atoms with Gasteiger partial charge >= 0.3 is 0 Å². The third-order valence-electron chi connectivity index (χ3n) is 4.70. The van der Waals surface area contributed by atoms with Gasteiger partial charge in [0, 0.05) is 6.04 Å². The van der Waals surface area contributed by atoms with Crippen LogP contribution < -0.4 is 5.32 Å². The van der Waals surface area contributed by atoms with Crippen molar-refractivity contribution in [3.63, 3.8) is 0 Å². The zero-order valence-corrected chi connectivity index (χ0v) is 11.5. The fourth-order valence-electron chi connectivity index (χ4n) is 3.47. The molecule has 1 amide bonds. The number of nitrogens with one attached hydrogen (secondary N) is 1. The lowest BCUT2D eigenvalue weighted by Gasteiger charge is -2.29. The van der Waals surface area contributed by atoms with Crippen LogP contribution in [0.5, 0.6) is 0 Å². The van der Waals surface area contributed by atoms with Gasteiger partial charge < -0.3 is 4.90 Å². The molecule has 1 aromatic rings.